The van der Waals surface area contributed by atoms with Crippen LogP contribution in [-0.2, 0) is 29.1 Å². The number of allylic oxidation sites excluding steroid dienone is 1. The zero-order valence-corrected chi connectivity index (χ0v) is 16.1. The van der Waals surface area contributed by atoms with Crippen molar-refractivity contribution >= 4 is 22.0 Å². The summed E-state index contributed by atoms with van der Waals surface area (Å²) in [7, 11) is -3.77. The maximum Gasteiger partial charge on any atom is 0.302 e. The van der Waals surface area contributed by atoms with Gasteiger partial charge in [-0.3, -0.25) is 9.59 Å². The van der Waals surface area contributed by atoms with Gasteiger partial charge in [0.15, 0.2) is 0 Å². The average molecular weight is 383 g/mol. The Kier molecular flexibility index (Phi) is 7.98. The standard InChI is InChI=1S/C18H25NO6S/c1-5-10-18(12-24-15(3)20,13-25-16(4)21)11-19-26(22,23)17-8-6-14(2)7-9-17/h5-9,19H,1,10-13H2,2-4H3. The number of aryl methyl sites for hydroxylation is 1. The summed E-state index contributed by atoms with van der Waals surface area (Å²) in [5.74, 6) is -1.02. The third-order valence-corrected chi connectivity index (χ3v) is 5.13. The molecule has 1 rings (SSSR count). The van der Waals surface area contributed by atoms with Crippen molar-refractivity contribution in [2.24, 2.45) is 5.41 Å². The SMILES string of the molecule is C=CCC(CNS(=O)(=O)c1ccc(C)cc1)(COC(C)=O)COC(C)=O. The molecule has 1 N–H and O–H groups in total. The van der Waals surface area contributed by atoms with Gasteiger partial charge in [0.05, 0.1) is 10.3 Å². The third kappa shape index (κ3) is 6.97. The van der Waals surface area contributed by atoms with Crippen LogP contribution in [0.15, 0.2) is 41.8 Å². The Bertz CT molecular complexity index is 721. The highest BCUT2D eigenvalue weighted by Crippen LogP contribution is 2.25. The van der Waals surface area contributed by atoms with Gasteiger partial charge in [-0.2, -0.15) is 0 Å². The summed E-state index contributed by atoms with van der Waals surface area (Å²) in [4.78, 5) is 22.5. The molecule has 0 unspecified atom stereocenters. The Morgan fingerprint density at radius 3 is 2.04 bits per heavy atom. The number of rotatable bonds is 10. The van der Waals surface area contributed by atoms with Crippen LogP contribution in [0.2, 0.25) is 0 Å². The van der Waals surface area contributed by atoms with Crippen LogP contribution in [0.3, 0.4) is 0 Å². The number of nitrogens with one attached hydrogen (secondary N) is 1. The van der Waals surface area contributed by atoms with Crippen LogP contribution in [0.5, 0.6) is 0 Å². The van der Waals surface area contributed by atoms with Crippen molar-refractivity contribution in [1.29, 1.82) is 0 Å². The fourth-order valence-corrected chi connectivity index (χ4v) is 3.36. The molecule has 0 atom stereocenters. The topological polar surface area (TPSA) is 98.8 Å². The van der Waals surface area contributed by atoms with E-state index in [9.17, 15) is 18.0 Å². The Morgan fingerprint density at radius 2 is 1.62 bits per heavy atom. The van der Waals surface area contributed by atoms with E-state index >= 15 is 0 Å². The van der Waals surface area contributed by atoms with E-state index in [1.54, 1.807) is 18.2 Å². The molecule has 1 aromatic carbocycles. The molecule has 0 bridgehead atoms. The molecule has 0 aliphatic heterocycles. The van der Waals surface area contributed by atoms with Gasteiger partial charge in [-0.15, -0.1) is 6.58 Å². The molecule has 0 aliphatic rings. The minimum absolute atomic E-state index is 0.0875. The Balaban J connectivity index is 3.00. The zero-order valence-electron chi connectivity index (χ0n) is 15.3. The molecule has 0 spiro atoms. The summed E-state index contributed by atoms with van der Waals surface area (Å²) in [6.07, 6.45) is 1.84. The minimum atomic E-state index is -3.77. The van der Waals surface area contributed by atoms with Gasteiger partial charge in [0.2, 0.25) is 10.0 Å². The molecule has 1 aromatic rings. The Labute approximate surface area is 154 Å². The van der Waals surface area contributed by atoms with Gasteiger partial charge in [0.25, 0.3) is 0 Å². The number of carbonyl (C=O) groups excluding carboxylic acids is 2. The largest absolute Gasteiger partial charge is 0.465 e. The van der Waals surface area contributed by atoms with Crippen LogP contribution >= 0.6 is 0 Å². The summed E-state index contributed by atoms with van der Waals surface area (Å²) in [6.45, 7) is 7.70. The van der Waals surface area contributed by atoms with Gasteiger partial charge in [-0.1, -0.05) is 23.8 Å². The fourth-order valence-electron chi connectivity index (χ4n) is 2.20. The summed E-state index contributed by atoms with van der Waals surface area (Å²) in [6, 6.07) is 6.41. The van der Waals surface area contributed by atoms with Crippen LogP contribution < -0.4 is 4.72 Å². The van der Waals surface area contributed by atoms with Crippen molar-refractivity contribution in [2.45, 2.75) is 32.1 Å². The molecule has 0 heterocycles. The molecule has 0 aliphatic carbocycles. The minimum Gasteiger partial charge on any atom is -0.465 e. The lowest BCUT2D eigenvalue weighted by Crippen LogP contribution is -2.44. The van der Waals surface area contributed by atoms with Crippen LogP contribution in [0.4, 0.5) is 0 Å². The Morgan fingerprint density at radius 1 is 1.12 bits per heavy atom. The first-order valence-electron chi connectivity index (χ1n) is 8.04. The van der Waals surface area contributed by atoms with Crippen molar-refractivity contribution in [2.75, 3.05) is 19.8 Å². The molecule has 0 fully saturated rings. The first-order valence-corrected chi connectivity index (χ1v) is 9.52. The highest BCUT2D eigenvalue weighted by Gasteiger charge is 2.34. The molecule has 0 saturated carbocycles. The monoisotopic (exact) mass is 383 g/mol. The van der Waals surface area contributed by atoms with Crippen LogP contribution in [-0.4, -0.2) is 40.1 Å². The van der Waals surface area contributed by atoms with E-state index in [2.05, 4.69) is 11.3 Å². The maximum absolute atomic E-state index is 12.5. The molecule has 7 nitrogen and oxygen atoms in total. The van der Waals surface area contributed by atoms with Crippen molar-refractivity contribution in [3.63, 3.8) is 0 Å². The van der Waals surface area contributed by atoms with Crippen LogP contribution in [0, 0.1) is 12.3 Å². The highest BCUT2D eigenvalue weighted by molar-refractivity contribution is 7.89. The number of hydrogen-bond acceptors (Lipinski definition) is 6. The predicted molar refractivity (Wildman–Crippen MR) is 96.9 cm³/mol. The Hall–Kier alpha value is -2.19. The summed E-state index contributed by atoms with van der Waals surface area (Å²) >= 11 is 0. The molecule has 26 heavy (non-hydrogen) atoms. The second-order valence-electron chi connectivity index (χ2n) is 6.19. The van der Waals surface area contributed by atoms with E-state index in [0.717, 1.165) is 5.56 Å². The summed E-state index contributed by atoms with van der Waals surface area (Å²) < 4.78 is 37.7. The second-order valence-corrected chi connectivity index (χ2v) is 7.96. The van der Waals surface area contributed by atoms with Crippen LogP contribution in [0.1, 0.15) is 25.8 Å². The van der Waals surface area contributed by atoms with Gasteiger partial charge in [0, 0.05) is 20.4 Å². The van der Waals surface area contributed by atoms with Crippen LogP contribution in [0.25, 0.3) is 0 Å². The fraction of sp³-hybridized carbons (Fsp3) is 0.444. The second kappa shape index (κ2) is 9.49. The van der Waals surface area contributed by atoms with E-state index in [0.29, 0.717) is 0 Å². The first-order chi connectivity index (χ1) is 12.1. The smallest absolute Gasteiger partial charge is 0.302 e. The van der Waals surface area contributed by atoms with Gasteiger partial charge < -0.3 is 9.47 Å². The number of sulfonamides is 1. The van der Waals surface area contributed by atoms with E-state index in [4.69, 9.17) is 9.47 Å². The van der Waals surface area contributed by atoms with Gasteiger partial charge in [-0.25, -0.2) is 13.1 Å². The lowest BCUT2D eigenvalue weighted by molar-refractivity contribution is -0.150. The van der Waals surface area contributed by atoms with Crippen molar-refractivity contribution < 1.29 is 27.5 Å². The van der Waals surface area contributed by atoms with Crippen molar-refractivity contribution in [1.82, 2.24) is 4.72 Å². The number of benzene rings is 1. The first kappa shape index (κ1) is 21.9. The molecule has 8 heteroatoms. The predicted octanol–water partition coefficient (Wildman–Crippen LogP) is 1.96. The number of esters is 2. The highest BCUT2D eigenvalue weighted by atomic mass is 32.2. The lowest BCUT2D eigenvalue weighted by Gasteiger charge is -2.31. The lowest BCUT2D eigenvalue weighted by atomic mass is 9.86. The number of hydrogen-bond donors (Lipinski definition) is 1. The van der Waals surface area contributed by atoms with Crippen molar-refractivity contribution in [3.8, 4) is 0 Å². The normalized spacial score (nSPS) is 11.7. The van der Waals surface area contributed by atoms with Crippen molar-refractivity contribution in [3.05, 3.63) is 42.5 Å². The molecular weight excluding hydrogens is 358 g/mol. The van der Waals surface area contributed by atoms with Gasteiger partial charge >= 0.3 is 11.9 Å². The van der Waals surface area contributed by atoms with E-state index in [1.165, 1.54) is 26.0 Å². The molecule has 0 amide bonds. The molecule has 0 aromatic heterocycles. The number of carbonyl (C=O) groups is 2. The van der Waals surface area contributed by atoms with Gasteiger partial charge in [0.1, 0.15) is 13.2 Å². The number of ether oxygens (including phenoxy) is 2. The molecular formula is C18H25NO6S. The quantitative estimate of drug-likeness (QED) is 0.490. The molecule has 144 valence electrons. The van der Waals surface area contributed by atoms with E-state index in [1.807, 2.05) is 6.92 Å². The van der Waals surface area contributed by atoms with E-state index < -0.39 is 27.4 Å². The van der Waals surface area contributed by atoms with Gasteiger partial charge in [-0.05, 0) is 25.5 Å². The zero-order chi connectivity index (χ0) is 19.8. The summed E-state index contributed by atoms with van der Waals surface area (Å²) in [5, 5.41) is 0. The average Bonchev–Trinajstić information content (AvgIpc) is 2.56. The molecule has 0 saturated heterocycles. The maximum atomic E-state index is 12.5. The van der Waals surface area contributed by atoms with E-state index in [-0.39, 0.29) is 31.1 Å². The third-order valence-electron chi connectivity index (χ3n) is 3.71. The summed E-state index contributed by atoms with van der Waals surface area (Å²) in [5.41, 5.74) is -0.00805. The molecule has 0 radical (unpaired) electrons.